The van der Waals surface area contributed by atoms with E-state index in [9.17, 15) is 15.3 Å². The Morgan fingerprint density at radius 2 is 2.00 bits per heavy atom. The molecule has 0 amide bonds. The van der Waals surface area contributed by atoms with Gasteiger partial charge in [0.2, 0.25) is 0 Å². The molecule has 3 nitrogen and oxygen atoms in total. The lowest BCUT2D eigenvalue weighted by atomic mass is 9.60. The Kier molecular flexibility index (Phi) is 7.61. The SMILES string of the molecule is C=C1/C(=C(C)\C=C2/CCC[C@@]3(C)C2CCC3[C@H](C)CCCC(C)(C)O)C[C@@H](O)C[C@@H]1O. The summed E-state index contributed by atoms with van der Waals surface area (Å²) in [5.41, 5.74) is 4.42. The molecule has 0 aromatic carbocycles. The van der Waals surface area contributed by atoms with Crippen molar-refractivity contribution in [1.29, 1.82) is 0 Å². The quantitative estimate of drug-likeness (QED) is 0.477. The second-order valence-corrected chi connectivity index (χ2v) is 11.8. The Labute approximate surface area is 190 Å². The summed E-state index contributed by atoms with van der Waals surface area (Å²) < 4.78 is 0. The standard InChI is InChI=1S/C28H46O3/c1-18(9-7-13-27(4,5)31)24-11-12-25-21(10-8-14-28(24,25)6)15-19(2)23-16-22(29)17-26(30)20(23)3/h15,18,22,24-26,29-31H,3,7-14,16-17H2,1-2,4-6H3/b21-15+,23-19-/t18-,22-,24?,25?,26+,28-/m1/s1. The van der Waals surface area contributed by atoms with E-state index in [2.05, 4.69) is 33.4 Å². The second-order valence-electron chi connectivity index (χ2n) is 11.8. The van der Waals surface area contributed by atoms with Gasteiger partial charge in [0, 0.05) is 6.42 Å². The summed E-state index contributed by atoms with van der Waals surface area (Å²) in [6.07, 6.45) is 11.8. The van der Waals surface area contributed by atoms with Crippen molar-refractivity contribution in [3.05, 3.63) is 34.9 Å². The van der Waals surface area contributed by atoms with Gasteiger partial charge in [0.15, 0.2) is 0 Å². The van der Waals surface area contributed by atoms with Crippen LogP contribution in [0.2, 0.25) is 0 Å². The van der Waals surface area contributed by atoms with Crippen molar-refractivity contribution in [2.24, 2.45) is 23.2 Å². The van der Waals surface area contributed by atoms with Crippen molar-refractivity contribution in [3.63, 3.8) is 0 Å². The highest BCUT2D eigenvalue weighted by molar-refractivity contribution is 5.43. The maximum absolute atomic E-state index is 10.3. The molecule has 0 aromatic rings. The lowest BCUT2D eigenvalue weighted by molar-refractivity contribution is 0.0596. The molecule has 3 fully saturated rings. The molecular formula is C28H46O3. The van der Waals surface area contributed by atoms with Crippen molar-refractivity contribution in [3.8, 4) is 0 Å². The Morgan fingerprint density at radius 3 is 2.68 bits per heavy atom. The zero-order chi connectivity index (χ0) is 23.0. The fraction of sp³-hybridized carbons (Fsp3) is 0.786. The van der Waals surface area contributed by atoms with Gasteiger partial charge in [-0.1, -0.05) is 44.9 Å². The van der Waals surface area contributed by atoms with Gasteiger partial charge in [0.25, 0.3) is 0 Å². The highest BCUT2D eigenvalue weighted by atomic mass is 16.3. The number of rotatable bonds is 6. The van der Waals surface area contributed by atoms with Crippen LogP contribution in [-0.2, 0) is 0 Å². The summed E-state index contributed by atoms with van der Waals surface area (Å²) in [6.45, 7) is 15.1. The van der Waals surface area contributed by atoms with Crippen LogP contribution in [0.25, 0.3) is 0 Å². The van der Waals surface area contributed by atoms with Crippen LogP contribution in [0, 0.1) is 23.2 Å². The number of hydrogen-bond acceptors (Lipinski definition) is 3. The molecule has 3 aliphatic carbocycles. The average Bonchev–Trinajstić information content (AvgIpc) is 3.01. The summed E-state index contributed by atoms with van der Waals surface area (Å²) in [6, 6.07) is 0. The van der Waals surface area contributed by atoms with Crippen molar-refractivity contribution >= 4 is 0 Å². The van der Waals surface area contributed by atoms with E-state index in [1.54, 1.807) is 5.57 Å². The zero-order valence-electron chi connectivity index (χ0n) is 20.6. The molecule has 0 heterocycles. The molecule has 3 N–H and O–H groups in total. The third-order valence-electron chi connectivity index (χ3n) is 8.78. The predicted octanol–water partition coefficient (Wildman–Crippen LogP) is 6.09. The van der Waals surface area contributed by atoms with E-state index in [-0.39, 0.29) is 0 Å². The van der Waals surface area contributed by atoms with Crippen molar-refractivity contribution in [2.45, 2.75) is 117 Å². The Balaban J connectivity index is 1.76. The first kappa shape index (κ1) is 24.7. The molecule has 0 spiro atoms. The molecule has 0 bridgehead atoms. The molecule has 0 saturated heterocycles. The summed E-state index contributed by atoms with van der Waals surface area (Å²) >= 11 is 0. The average molecular weight is 431 g/mol. The predicted molar refractivity (Wildman–Crippen MR) is 129 cm³/mol. The van der Waals surface area contributed by atoms with Gasteiger partial charge >= 0.3 is 0 Å². The van der Waals surface area contributed by atoms with Crippen LogP contribution < -0.4 is 0 Å². The smallest absolute Gasteiger partial charge is 0.0811 e. The molecule has 3 rings (SSSR count). The number of allylic oxidation sites excluding steroid dienone is 3. The normalized spacial score (nSPS) is 38.3. The van der Waals surface area contributed by atoms with E-state index in [1.807, 2.05) is 13.8 Å². The van der Waals surface area contributed by atoms with E-state index >= 15 is 0 Å². The van der Waals surface area contributed by atoms with Gasteiger partial charge in [-0.3, -0.25) is 0 Å². The number of aliphatic hydroxyl groups excluding tert-OH is 2. The van der Waals surface area contributed by atoms with E-state index in [0.29, 0.717) is 30.1 Å². The summed E-state index contributed by atoms with van der Waals surface area (Å²) in [5, 5.41) is 30.5. The molecule has 176 valence electrons. The molecule has 6 atom stereocenters. The van der Waals surface area contributed by atoms with Gasteiger partial charge in [0.1, 0.15) is 0 Å². The van der Waals surface area contributed by atoms with Crippen LogP contribution in [0.15, 0.2) is 34.9 Å². The second kappa shape index (κ2) is 9.53. The van der Waals surface area contributed by atoms with Gasteiger partial charge in [-0.2, -0.15) is 0 Å². The number of fused-ring (bicyclic) bond motifs is 1. The van der Waals surface area contributed by atoms with E-state index < -0.39 is 17.8 Å². The van der Waals surface area contributed by atoms with Gasteiger partial charge in [-0.25, -0.2) is 0 Å². The van der Waals surface area contributed by atoms with E-state index in [1.165, 1.54) is 44.1 Å². The Morgan fingerprint density at radius 1 is 1.29 bits per heavy atom. The summed E-state index contributed by atoms with van der Waals surface area (Å²) in [4.78, 5) is 0. The largest absolute Gasteiger partial charge is 0.393 e. The van der Waals surface area contributed by atoms with Crippen LogP contribution in [0.3, 0.4) is 0 Å². The summed E-state index contributed by atoms with van der Waals surface area (Å²) in [7, 11) is 0. The molecular weight excluding hydrogens is 384 g/mol. The third kappa shape index (κ3) is 5.54. The molecule has 0 aliphatic heterocycles. The van der Waals surface area contributed by atoms with Crippen LogP contribution in [0.5, 0.6) is 0 Å². The molecule has 31 heavy (non-hydrogen) atoms. The van der Waals surface area contributed by atoms with Crippen molar-refractivity contribution < 1.29 is 15.3 Å². The Hall–Kier alpha value is -0.900. The lowest BCUT2D eigenvalue weighted by Crippen LogP contribution is -2.36. The van der Waals surface area contributed by atoms with Gasteiger partial charge in [-0.15, -0.1) is 0 Å². The highest BCUT2D eigenvalue weighted by Gasteiger charge is 2.50. The molecule has 0 aromatic heterocycles. The third-order valence-corrected chi connectivity index (χ3v) is 8.78. The molecule has 2 unspecified atom stereocenters. The maximum atomic E-state index is 10.3. The fourth-order valence-electron chi connectivity index (χ4n) is 7.08. The first-order chi connectivity index (χ1) is 14.4. The van der Waals surface area contributed by atoms with Crippen molar-refractivity contribution in [2.75, 3.05) is 0 Å². The first-order valence-corrected chi connectivity index (χ1v) is 12.6. The number of hydrogen-bond donors (Lipinski definition) is 3. The lowest BCUT2D eigenvalue weighted by Gasteiger charge is -2.44. The topological polar surface area (TPSA) is 60.7 Å². The fourth-order valence-corrected chi connectivity index (χ4v) is 7.08. The first-order valence-electron chi connectivity index (χ1n) is 12.6. The molecule has 3 heteroatoms. The molecule has 3 saturated carbocycles. The summed E-state index contributed by atoms with van der Waals surface area (Å²) in [5.74, 6) is 2.09. The Bertz CT molecular complexity index is 725. The van der Waals surface area contributed by atoms with E-state index in [4.69, 9.17) is 0 Å². The van der Waals surface area contributed by atoms with Crippen LogP contribution in [0.4, 0.5) is 0 Å². The minimum absolute atomic E-state index is 0.367. The van der Waals surface area contributed by atoms with E-state index in [0.717, 1.165) is 29.9 Å². The molecule has 0 radical (unpaired) electrons. The van der Waals surface area contributed by atoms with Gasteiger partial charge < -0.3 is 15.3 Å². The van der Waals surface area contributed by atoms with Crippen molar-refractivity contribution in [1.82, 2.24) is 0 Å². The minimum Gasteiger partial charge on any atom is -0.393 e. The maximum Gasteiger partial charge on any atom is 0.0811 e. The van der Waals surface area contributed by atoms with Crippen LogP contribution >= 0.6 is 0 Å². The zero-order valence-corrected chi connectivity index (χ0v) is 20.6. The monoisotopic (exact) mass is 430 g/mol. The van der Waals surface area contributed by atoms with Crippen LogP contribution in [0.1, 0.15) is 98.8 Å². The minimum atomic E-state index is -0.621. The van der Waals surface area contributed by atoms with Crippen LogP contribution in [-0.4, -0.2) is 33.1 Å². The van der Waals surface area contributed by atoms with Gasteiger partial charge in [0.05, 0.1) is 17.8 Å². The van der Waals surface area contributed by atoms with Gasteiger partial charge in [-0.05, 0) is 106 Å². The number of aliphatic hydroxyl groups is 3. The highest BCUT2D eigenvalue weighted by Crippen LogP contribution is 2.60. The molecule has 3 aliphatic rings.